The summed E-state index contributed by atoms with van der Waals surface area (Å²) in [5.74, 6) is -0.356. The van der Waals surface area contributed by atoms with Crippen molar-refractivity contribution in [3.05, 3.63) is 114 Å². The zero-order chi connectivity index (χ0) is 23.0. The number of benzene rings is 3. The van der Waals surface area contributed by atoms with Gasteiger partial charge in [0, 0.05) is 42.6 Å². The third-order valence-electron chi connectivity index (χ3n) is 5.14. The van der Waals surface area contributed by atoms with E-state index < -0.39 is 0 Å². The number of amides is 2. The fourth-order valence-electron chi connectivity index (χ4n) is 3.39. The summed E-state index contributed by atoms with van der Waals surface area (Å²) in [6.45, 7) is 0.343. The van der Waals surface area contributed by atoms with Crippen LogP contribution in [-0.4, -0.2) is 28.6 Å². The first-order valence-electron chi connectivity index (χ1n) is 10.6. The minimum atomic E-state index is -0.211. The molecule has 0 radical (unpaired) electrons. The van der Waals surface area contributed by atoms with Crippen molar-refractivity contribution in [3.8, 4) is 16.9 Å². The lowest BCUT2D eigenvalue weighted by atomic mass is 10.1. The Morgan fingerprint density at radius 1 is 0.909 bits per heavy atom. The molecule has 2 amide bonds. The maximum absolute atomic E-state index is 12.4. The minimum absolute atomic E-state index is 0.145. The number of nitrogens with zero attached hydrogens (tertiary/aromatic N) is 2. The molecule has 0 unspecified atom stereocenters. The van der Waals surface area contributed by atoms with Gasteiger partial charge in [-0.15, -0.1) is 0 Å². The van der Waals surface area contributed by atoms with Crippen molar-refractivity contribution in [2.75, 3.05) is 7.05 Å². The molecule has 33 heavy (non-hydrogen) atoms. The van der Waals surface area contributed by atoms with Crippen molar-refractivity contribution in [2.45, 2.75) is 6.54 Å². The van der Waals surface area contributed by atoms with Crippen LogP contribution in [0.1, 0.15) is 21.5 Å². The third kappa shape index (κ3) is 5.43. The Morgan fingerprint density at radius 3 is 2.24 bits per heavy atom. The number of carbonyl (C=O) groups excluding carboxylic acids is 2. The number of nitrogens with one attached hydrogen (secondary N) is 2. The molecule has 0 fully saturated rings. The molecule has 6 nitrogen and oxygen atoms in total. The largest absolute Gasteiger partial charge is 0.355 e. The first-order chi connectivity index (χ1) is 16.1. The smallest absolute Gasteiger partial charge is 0.251 e. The first-order valence-corrected chi connectivity index (χ1v) is 10.6. The maximum atomic E-state index is 12.4. The topological polar surface area (TPSA) is 76.0 Å². The number of hydrogen-bond donors (Lipinski definition) is 2. The van der Waals surface area contributed by atoms with Gasteiger partial charge in [-0.3, -0.25) is 9.59 Å². The molecule has 0 bridgehead atoms. The molecule has 2 N–H and O–H groups in total. The van der Waals surface area contributed by atoms with Crippen LogP contribution < -0.4 is 10.6 Å². The molecule has 4 rings (SSSR count). The van der Waals surface area contributed by atoms with E-state index in [-0.39, 0.29) is 11.8 Å². The fourth-order valence-corrected chi connectivity index (χ4v) is 3.39. The average Bonchev–Trinajstić information content (AvgIpc) is 3.31. The van der Waals surface area contributed by atoms with Gasteiger partial charge < -0.3 is 10.6 Å². The highest BCUT2D eigenvalue weighted by molar-refractivity contribution is 5.94. The molecule has 3 aromatic carbocycles. The van der Waals surface area contributed by atoms with Crippen molar-refractivity contribution in [2.24, 2.45) is 0 Å². The van der Waals surface area contributed by atoms with Gasteiger partial charge in [-0.2, -0.15) is 5.10 Å². The zero-order valence-electron chi connectivity index (χ0n) is 18.2. The molecule has 0 aliphatic heterocycles. The molecule has 0 spiro atoms. The molecule has 0 saturated carbocycles. The van der Waals surface area contributed by atoms with Crippen molar-refractivity contribution in [3.63, 3.8) is 0 Å². The minimum Gasteiger partial charge on any atom is -0.355 e. The van der Waals surface area contributed by atoms with Gasteiger partial charge in [0.15, 0.2) is 0 Å². The predicted molar refractivity (Wildman–Crippen MR) is 130 cm³/mol. The van der Waals surface area contributed by atoms with Crippen LogP contribution in [0, 0.1) is 0 Å². The van der Waals surface area contributed by atoms with E-state index in [2.05, 4.69) is 10.6 Å². The summed E-state index contributed by atoms with van der Waals surface area (Å²) >= 11 is 0. The second-order valence-corrected chi connectivity index (χ2v) is 7.40. The summed E-state index contributed by atoms with van der Waals surface area (Å²) in [4.78, 5) is 24.1. The Bertz CT molecular complexity index is 1260. The van der Waals surface area contributed by atoms with E-state index in [1.807, 2.05) is 71.5 Å². The molecule has 1 aromatic heterocycles. The van der Waals surface area contributed by atoms with Crippen molar-refractivity contribution in [1.82, 2.24) is 20.4 Å². The number of rotatable bonds is 7. The van der Waals surface area contributed by atoms with Crippen LogP contribution in [0.25, 0.3) is 23.0 Å². The second-order valence-electron chi connectivity index (χ2n) is 7.40. The number of hydrogen-bond acceptors (Lipinski definition) is 3. The van der Waals surface area contributed by atoms with Gasteiger partial charge in [0.05, 0.1) is 11.4 Å². The summed E-state index contributed by atoms with van der Waals surface area (Å²) in [5.41, 5.74) is 5.09. The van der Waals surface area contributed by atoms with Gasteiger partial charge in [0.25, 0.3) is 5.91 Å². The van der Waals surface area contributed by atoms with E-state index in [1.165, 1.54) is 6.08 Å². The van der Waals surface area contributed by atoms with E-state index in [1.54, 1.807) is 37.4 Å². The van der Waals surface area contributed by atoms with E-state index in [4.69, 9.17) is 5.10 Å². The van der Waals surface area contributed by atoms with Gasteiger partial charge in [-0.25, -0.2) is 4.68 Å². The van der Waals surface area contributed by atoms with Gasteiger partial charge in [0.1, 0.15) is 0 Å². The highest BCUT2D eigenvalue weighted by Crippen LogP contribution is 2.23. The number of para-hydroxylation sites is 1. The van der Waals surface area contributed by atoms with Gasteiger partial charge >= 0.3 is 0 Å². The molecule has 0 atom stereocenters. The Labute approximate surface area is 192 Å². The lowest BCUT2D eigenvalue weighted by Crippen LogP contribution is -2.20. The molecule has 0 aliphatic carbocycles. The Kier molecular flexibility index (Phi) is 6.75. The lowest BCUT2D eigenvalue weighted by molar-refractivity contribution is -0.116. The standard InChI is InChI=1S/C27H24N4O2/c1-28-27(33)22-15-12-20(13-16-22)14-17-25(32)29-18-23-19-31(24-10-6-3-7-11-24)30-26(23)21-8-4-2-5-9-21/h2-17,19H,18H2,1H3,(H,28,33)(H,29,32)/b17-14+. The predicted octanol–water partition coefficient (Wildman–Crippen LogP) is 4.23. The monoisotopic (exact) mass is 436 g/mol. The van der Waals surface area contributed by atoms with Crippen LogP contribution in [0.3, 0.4) is 0 Å². The summed E-state index contributed by atoms with van der Waals surface area (Å²) in [5, 5.41) is 10.3. The number of carbonyl (C=O) groups is 2. The molecule has 0 aliphatic rings. The lowest BCUT2D eigenvalue weighted by Gasteiger charge is -2.04. The van der Waals surface area contributed by atoms with E-state index in [0.29, 0.717) is 12.1 Å². The van der Waals surface area contributed by atoms with Gasteiger partial charge in [-0.05, 0) is 35.9 Å². The highest BCUT2D eigenvalue weighted by atomic mass is 16.2. The molecule has 6 heteroatoms. The third-order valence-corrected chi connectivity index (χ3v) is 5.14. The summed E-state index contributed by atoms with van der Waals surface area (Å²) < 4.78 is 1.83. The molecule has 1 heterocycles. The summed E-state index contributed by atoms with van der Waals surface area (Å²) in [6.07, 6.45) is 5.15. The fraction of sp³-hybridized carbons (Fsp3) is 0.0741. The second kappa shape index (κ2) is 10.2. The van der Waals surface area contributed by atoms with Gasteiger partial charge in [-0.1, -0.05) is 60.7 Å². The number of aromatic nitrogens is 2. The van der Waals surface area contributed by atoms with Crippen LogP contribution in [0.2, 0.25) is 0 Å². The zero-order valence-corrected chi connectivity index (χ0v) is 18.2. The normalized spacial score (nSPS) is 10.8. The Hall–Kier alpha value is -4.45. The van der Waals surface area contributed by atoms with Crippen LogP contribution in [0.4, 0.5) is 0 Å². The summed E-state index contributed by atoms with van der Waals surface area (Å²) in [6, 6.07) is 26.8. The first kappa shape index (κ1) is 21.8. The van der Waals surface area contributed by atoms with E-state index in [9.17, 15) is 9.59 Å². The molecule has 0 saturated heterocycles. The van der Waals surface area contributed by atoms with Crippen molar-refractivity contribution < 1.29 is 9.59 Å². The Balaban J connectivity index is 1.48. The SMILES string of the molecule is CNC(=O)c1ccc(/C=C/C(=O)NCc2cn(-c3ccccc3)nc2-c2ccccc2)cc1. The quantitative estimate of drug-likeness (QED) is 0.426. The van der Waals surface area contributed by atoms with Crippen LogP contribution in [-0.2, 0) is 11.3 Å². The van der Waals surface area contributed by atoms with E-state index >= 15 is 0 Å². The highest BCUT2D eigenvalue weighted by Gasteiger charge is 2.12. The van der Waals surface area contributed by atoms with Crippen molar-refractivity contribution in [1.29, 1.82) is 0 Å². The molecule has 4 aromatic rings. The van der Waals surface area contributed by atoms with Crippen LogP contribution in [0.5, 0.6) is 0 Å². The molecular weight excluding hydrogens is 412 g/mol. The van der Waals surface area contributed by atoms with Crippen LogP contribution in [0.15, 0.2) is 97.2 Å². The van der Waals surface area contributed by atoms with Crippen LogP contribution >= 0.6 is 0 Å². The van der Waals surface area contributed by atoms with Crippen molar-refractivity contribution >= 4 is 17.9 Å². The molecule has 164 valence electrons. The summed E-state index contributed by atoms with van der Waals surface area (Å²) in [7, 11) is 1.59. The Morgan fingerprint density at radius 2 is 1.58 bits per heavy atom. The molecular formula is C27H24N4O2. The average molecular weight is 437 g/mol. The van der Waals surface area contributed by atoms with Gasteiger partial charge in [0.2, 0.25) is 5.91 Å². The van der Waals surface area contributed by atoms with E-state index in [0.717, 1.165) is 28.1 Å². The maximum Gasteiger partial charge on any atom is 0.251 e.